The lowest BCUT2D eigenvalue weighted by atomic mass is 10.0. The minimum Gasteiger partial charge on any atom is -0.175 e. The third kappa shape index (κ3) is 2.27. The molecule has 0 aromatic heterocycles. The number of hydrogen-bond donors (Lipinski definition) is 1. The Morgan fingerprint density at radius 2 is 1.67 bits per heavy atom. The second-order valence-corrected chi connectivity index (χ2v) is 4.41. The van der Waals surface area contributed by atoms with Crippen LogP contribution in [-0.4, -0.2) is 0 Å². The Kier molecular flexibility index (Phi) is 3.49. The summed E-state index contributed by atoms with van der Waals surface area (Å²) < 4.78 is 1.14. The van der Waals surface area contributed by atoms with Crippen LogP contribution < -0.4 is 0 Å². The van der Waals surface area contributed by atoms with Crippen molar-refractivity contribution in [3.8, 4) is 11.1 Å². The molecule has 0 atom stereocenters. The molecular weight excluding hydrogens is 268 g/mol. The van der Waals surface area contributed by atoms with E-state index in [9.17, 15) is 0 Å². The minimum absolute atomic E-state index is 0.751. The monoisotopic (exact) mass is 278 g/mol. The molecule has 2 aromatic rings. The van der Waals surface area contributed by atoms with Crippen LogP contribution in [0, 0.1) is 0 Å². The Bertz CT molecular complexity index is 451. The Morgan fingerprint density at radius 1 is 0.933 bits per heavy atom. The van der Waals surface area contributed by atoms with Crippen molar-refractivity contribution in [1.82, 2.24) is 0 Å². The lowest BCUT2D eigenvalue weighted by Gasteiger charge is -2.08. The molecular formula is C13H11BrS. The quantitative estimate of drug-likeness (QED) is 0.766. The van der Waals surface area contributed by atoms with E-state index in [-0.39, 0.29) is 0 Å². The first-order valence-electron chi connectivity index (χ1n) is 4.76. The number of rotatable bonds is 2. The summed E-state index contributed by atoms with van der Waals surface area (Å²) in [6.45, 7) is 0. The van der Waals surface area contributed by atoms with Gasteiger partial charge in [-0.2, -0.15) is 12.6 Å². The SMILES string of the molecule is SCc1cccc(-c2ccccc2)c1Br. The molecule has 0 saturated carbocycles. The zero-order valence-electron chi connectivity index (χ0n) is 8.15. The summed E-state index contributed by atoms with van der Waals surface area (Å²) in [5.74, 6) is 0.751. The van der Waals surface area contributed by atoms with E-state index in [1.54, 1.807) is 0 Å². The van der Waals surface area contributed by atoms with E-state index in [1.165, 1.54) is 16.7 Å². The molecule has 2 aromatic carbocycles. The Balaban J connectivity index is 2.54. The number of hydrogen-bond acceptors (Lipinski definition) is 1. The molecule has 0 N–H and O–H groups in total. The topological polar surface area (TPSA) is 0 Å². The predicted molar refractivity (Wildman–Crippen MR) is 72.3 cm³/mol. The molecule has 0 saturated heterocycles. The highest BCUT2D eigenvalue weighted by atomic mass is 79.9. The molecule has 0 aliphatic rings. The van der Waals surface area contributed by atoms with Gasteiger partial charge in [0.1, 0.15) is 0 Å². The summed E-state index contributed by atoms with van der Waals surface area (Å²) >= 11 is 7.94. The van der Waals surface area contributed by atoms with Gasteiger partial charge in [0, 0.05) is 10.2 Å². The lowest BCUT2D eigenvalue weighted by molar-refractivity contribution is 1.39. The standard InChI is InChI=1S/C13H11BrS/c14-13-11(9-15)7-4-8-12(13)10-5-2-1-3-6-10/h1-8,15H,9H2. The molecule has 15 heavy (non-hydrogen) atoms. The van der Waals surface area contributed by atoms with Crippen LogP contribution in [0.3, 0.4) is 0 Å². The Labute approximate surface area is 104 Å². The van der Waals surface area contributed by atoms with Crippen LogP contribution in [0.5, 0.6) is 0 Å². The van der Waals surface area contributed by atoms with E-state index in [4.69, 9.17) is 0 Å². The minimum atomic E-state index is 0.751. The van der Waals surface area contributed by atoms with Gasteiger partial charge in [0.15, 0.2) is 0 Å². The van der Waals surface area contributed by atoms with Crippen molar-refractivity contribution >= 4 is 28.6 Å². The highest BCUT2D eigenvalue weighted by Crippen LogP contribution is 2.31. The molecule has 0 aliphatic carbocycles. The fourth-order valence-electron chi connectivity index (χ4n) is 1.54. The molecule has 76 valence electrons. The van der Waals surface area contributed by atoms with Gasteiger partial charge in [-0.1, -0.05) is 48.5 Å². The van der Waals surface area contributed by atoms with Gasteiger partial charge in [-0.05, 0) is 32.6 Å². The van der Waals surface area contributed by atoms with Crippen molar-refractivity contribution in [2.75, 3.05) is 0 Å². The van der Waals surface area contributed by atoms with Gasteiger partial charge in [0.2, 0.25) is 0 Å². The molecule has 0 aliphatic heterocycles. The second-order valence-electron chi connectivity index (χ2n) is 3.30. The fourth-order valence-corrected chi connectivity index (χ4v) is 2.66. The maximum Gasteiger partial charge on any atom is 0.0294 e. The first kappa shape index (κ1) is 10.8. The van der Waals surface area contributed by atoms with E-state index in [2.05, 4.69) is 71.0 Å². The van der Waals surface area contributed by atoms with Gasteiger partial charge < -0.3 is 0 Å². The number of thiol groups is 1. The van der Waals surface area contributed by atoms with E-state index < -0.39 is 0 Å². The third-order valence-corrected chi connectivity index (χ3v) is 3.61. The van der Waals surface area contributed by atoms with Crippen LogP contribution in [-0.2, 0) is 5.75 Å². The van der Waals surface area contributed by atoms with Crippen LogP contribution in [0.15, 0.2) is 53.0 Å². The van der Waals surface area contributed by atoms with Crippen LogP contribution >= 0.6 is 28.6 Å². The van der Waals surface area contributed by atoms with Crippen molar-refractivity contribution in [2.45, 2.75) is 5.75 Å². The van der Waals surface area contributed by atoms with Gasteiger partial charge in [0.25, 0.3) is 0 Å². The summed E-state index contributed by atoms with van der Waals surface area (Å²) in [5.41, 5.74) is 3.68. The predicted octanol–water partition coefficient (Wildman–Crippen LogP) is 4.55. The Hall–Kier alpha value is -0.730. The van der Waals surface area contributed by atoms with Crippen LogP contribution in [0.25, 0.3) is 11.1 Å². The van der Waals surface area contributed by atoms with Crippen molar-refractivity contribution in [1.29, 1.82) is 0 Å². The highest BCUT2D eigenvalue weighted by Gasteiger charge is 2.05. The van der Waals surface area contributed by atoms with Gasteiger partial charge in [-0.15, -0.1) is 0 Å². The summed E-state index contributed by atoms with van der Waals surface area (Å²) in [5, 5.41) is 0. The zero-order chi connectivity index (χ0) is 10.7. The van der Waals surface area contributed by atoms with Crippen LogP contribution in [0.1, 0.15) is 5.56 Å². The maximum absolute atomic E-state index is 4.31. The molecule has 0 spiro atoms. The molecule has 0 fully saturated rings. The molecule has 0 radical (unpaired) electrons. The number of halogens is 1. The van der Waals surface area contributed by atoms with Gasteiger partial charge in [-0.25, -0.2) is 0 Å². The maximum atomic E-state index is 4.31. The van der Waals surface area contributed by atoms with E-state index in [0.29, 0.717) is 0 Å². The average molecular weight is 279 g/mol. The normalized spacial score (nSPS) is 10.3. The van der Waals surface area contributed by atoms with Gasteiger partial charge in [-0.3, -0.25) is 0 Å². The first-order valence-corrected chi connectivity index (χ1v) is 6.19. The molecule has 2 heteroatoms. The molecule has 2 rings (SSSR count). The summed E-state index contributed by atoms with van der Waals surface area (Å²) in [4.78, 5) is 0. The van der Waals surface area contributed by atoms with E-state index in [0.717, 1.165) is 10.2 Å². The van der Waals surface area contributed by atoms with Gasteiger partial charge >= 0.3 is 0 Å². The molecule has 0 unspecified atom stereocenters. The van der Waals surface area contributed by atoms with Crippen LogP contribution in [0.2, 0.25) is 0 Å². The van der Waals surface area contributed by atoms with E-state index in [1.807, 2.05) is 6.07 Å². The average Bonchev–Trinajstić information content (AvgIpc) is 2.30. The van der Waals surface area contributed by atoms with Gasteiger partial charge in [0.05, 0.1) is 0 Å². The molecule has 0 nitrogen and oxygen atoms in total. The largest absolute Gasteiger partial charge is 0.175 e. The van der Waals surface area contributed by atoms with Crippen LogP contribution in [0.4, 0.5) is 0 Å². The zero-order valence-corrected chi connectivity index (χ0v) is 10.6. The molecule has 0 amide bonds. The molecule has 0 bridgehead atoms. The van der Waals surface area contributed by atoms with E-state index >= 15 is 0 Å². The van der Waals surface area contributed by atoms with Crippen molar-refractivity contribution in [3.05, 3.63) is 58.6 Å². The highest BCUT2D eigenvalue weighted by molar-refractivity contribution is 9.10. The Morgan fingerprint density at radius 3 is 2.33 bits per heavy atom. The van der Waals surface area contributed by atoms with Crippen molar-refractivity contribution in [3.63, 3.8) is 0 Å². The molecule has 0 heterocycles. The smallest absolute Gasteiger partial charge is 0.0294 e. The summed E-state index contributed by atoms with van der Waals surface area (Å²) in [6.07, 6.45) is 0. The van der Waals surface area contributed by atoms with Crippen molar-refractivity contribution in [2.24, 2.45) is 0 Å². The summed E-state index contributed by atoms with van der Waals surface area (Å²) in [6, 6.07) is 16.6. The summed E-state index contributed by atoms with van der Waals surface area (Å²) in [7, 11) is 0. The second kappa shape index (κ2) is 4.86. The third-order valence-electron chi connectivity index (χ3n) is 2.33. The number of benzene rings is 2. The lowest BCUT2D eigenvalue weighted by Crippen LogP contribution is -1.85. The fraction of sp³-hybridized carbons (Fsp3) is 0.0769. The van der Waals surface area contributed by atoms with Crippen molar-refractivity contribution < 1.29 is 0 Å². The first-order chi connectivity index (χ1) is 7.33.